The third-order valence-electron chi connectivity index (χ3n) is 0.749. The molecule has 2 nitrogen and oxygen atoms in total. The Morgan fingerprint density at radius 2 is 2.57 bits per heavy atom. The number of hydrogen-bond donors (Lipinski definition) is 0. The van der Waals surface area contributed by atoms with Gasteiger partial charge in [0.15, 0.2) is 0 Å². The van der Waals surface area contributed by atoms with Crippen molar-refractivity contribution < 1.29 is 4.74 Å². The minimum Gasteiger partial charge on any atom is -0.372 e. The first-order valence-corrected chi connectivity index (χ1v) is 2.58. The molecule has 0 spiro atoms. The van der Waals surface area contributed by atoms with E-state index in [2.05, 4.69) is 5.32 Å². The Balaban J connectivity index is 2.25. The zero-order valence-corrected chi connectivity index (χ0v) is 4.70. The normalized spacial score (nSPS) is 21.4. The van der Waals surface area contributed by atoms with E-state index in [0.29, 0.717) is 11.6 Å². The molecule has 3 heteroatoms. The van der Waals surface area contributed by atoms with Crippen LogP contribution in [0.2, 0.25) is 0 Å². The molecule has 1 rings (SSSR count). The summed E-state index contributed by atoms with van der Waals surface area (Å²) in [6.07, 6.45) is 0. The summed E-state index contributed by atoms with van der Waals surface area (Å²) in [6.45, 7) is 2.04. The van der Waals surface area contributed by atoms with E-state index in [1.165, 1.54) is 0 Å². The van der Waals surface area contributed by atoms with Crippen molar-refractivity contribution in [2.24, 2.45) is 0 Å². The summed E-state index contributed by atoms with van der Waals surface area (Å²) in [7, 11) is 0. The monoisotopic (exact) mass is 116 g/mol. The second-order valence-electron chi connectivity index (χ2n) is 1.33. The smallest absolute Gasteiger partial charge is 0.123 e. The highest BCUT2D eigenvalue weighted by Gasteiger charge is 2.02. The van der Waals surface area contributed by atoms with Crippen LogP contribution in [0.1, 0.15) is 0 Å². The molecule has 39 valence electrons. The van der Waals surface area contributed by atoms with Gasteiger partial charge < -0.3 is 4.74 Å². The van der Waals surface area contributed by atoms with Crippen LogP contribution < -0.4 is 5.32 Å². The molecule has 1 heterocycles. The van der Waals surface area contributed by atoms with Crippen molar-refractivity contribution >= 4 is 17.2 Å². The van der Waals surface area contributed by atoms with Crippen LogP contribution in [0.3, 0.4) is 0 Å². The number of rotatable bonds is 0. The molecule has 0 amide bonds. The van der Waals surface area contributed by atoms with Crippen LogP contribution in [-0.4, -0.2) is 24.7 Å². The molecule has 0 saturated carbocycles. The van der Waals surface area contributed by atoms with E-state index in [4.69, 9.17) is 17.0 Å². The molecule has 1 aliphatic heterocycles. The SMILES string of the molecule is S=C1COCC[N]1. The third kappa shape index (κ3) is 1.41. The highest BCUT2D eigenvalue weighted by molar-refractivity contribution is 7.80. The number of hydrogen-bond acceptors (Lipinski definition) is 2. The summed E-state index contributed by atoms with van der Waals surface area (Å²) in [5.41, 5.74) is 0. The summed E-state index contributed by atoms with van der Waals surface area (Å²) in [6, 6.07) is 0. The standard InChI is InChI=1S/C4H6NOS/c7-4-3-6-2-1-5-4/h1-3H2. The molecule has 1 aliphatic rings. The molecular formula is C4H6NOS. The van der Waals surface area contributed by atoms with Gasteiger partial charge in [-0.3, -0.25) is 5.32 Å². The second kappa shape index (κ2) is 2.23. The van der Waals surface area contributed by atoms with E-state index in [9.17, 15) is 0 Å². The minimum atomic E-state index is 0.551. The zero-order valence-electron chi connectivity index (χ0n) is 3.89. The van der Waals surface area contributed by atoms with Gasteiger partial charge in [0.2, 0.25) is 0 Å². The van der Waals surface area contributed by atoms with Gasteiger partial charge in [0.1, 0.15) is 4.99 Å². The first-order valence-electron chi connectivity index (χ1n) is 2.17. The molecule has 0 bridgehead atoms. The molecule has 0 aromatic carbocycles. The van der Waals surface area contributed by atoms with Crippen LogP contribution in [0.15, 0.2) is 0 Å². The van der Waals surface area contributed by atoms with E-state index in [0.717, 1.165) is 13.2 Å². The summed E-state index contributed by atoms with van der Waals surface area (Å²) in [5, 5.41) is 3.94. The molecule has 7 heavy (non-hydrogen) atoms. The third-order valence-corrected chi connectivity index (χ3v) is 0.996. The number of thiocarbonyl (C=S) groups is 1. The summed E-state index contributed by atoms with van der Waals surface area (Å²) >= 11 is 4.71. The molecule has 0 atom stereocenters. The van der Waals surface area contributed by atoms with E-state index in [1.54, 1.807) is 0 Å². The Kier molecular flexibility index (Phi) is 1.59. The van der Waals surface area contributed by atoms with Gasteiger partial charge in [-0.2, -0.15) is 0 Å². The molecule has 0 aromatic heterocycles. The van der Waals surface area contributed by atoms with E-state index in [1.807, 2.05) is 0 Å². The van der Waals surface area contributed by atoms with Crippen molar-refractivity contribution in [3.8, 4) is 0 Å². The number of ether oxygens (including phenoxy) is 1. The van der Waals surface area contributed by atoms with E-state index >= 15 is 0 Å². The van der Waals surface area contributed by atoms with Gasteiger partial charge in [0.25, 0.3) is 0 Å². The lowest BCUT2D eigenvalue weighted by atomic mass is 10.5. The van der Waals surface area contributed by atoms with Crippen molar-refractivity contribution in [2.45, 2.75) is 0 Å². The average Bonchev–Trinajstić information content (AvgIpc) is 1.69. The predicted molar refractivity (Wildman–Crippen MR) is 30.4 cm³/mol. The fourth-order valence-electron chi connectivity index (χ4n) is 0.440. The Labute approximate surface area is 47.9 Å². The van der Waals surface area contributed by atoms with Gasteiger partial charge in [-0.05, 0) is 0 Å². The van der Waals surface area contributed by atoms with Crippen LogP contribution in [0.5, 0.6) is 0 Å². The van der Waals surface area contributed by atoms with Gasteiger partial charge in [0, 0.05) is 0 Å². The Morgan fingerprint density at radius 1 is 1.71 bits per heavy atom. The molecule has 0 aromatic rings. The molecule has 1 fully saturated rings. The van der Waals surface area contributed by atoms with Crippen LogP contribution in [-0.2, 0) is 4.74 Å². The number of nitrogens with zero attached hydrogens (tertiary/aromatic N) is 1. The summed E-state index contributed by atoms with van der Waals surface area (Å²) in [4.78, 5) is 0.700. The predicted octanol–water partition coefficient (Wildman–Crippen LogP) is -0.0516. The maximum Gasteiger partial charge on any atom is 0.123 e. The first kappa shape index (κ1) is 5.00. The Hall–Kier alpha value is -0.150. The maximum atomic E-state index is 4.95. The van der Waals surface area contributed by atoms with Crippen LogP contribution in [0.4, 0.5) is 0 Å². The highest BCUT2D eigenvalue weighted by Crippen LogP contribution is 1.85. The van der Waals surface area contributed by atoms with Crippen molar-refractivity contribution in [1.29, 1.82) is 0 Å². The van der Waals surface area contributed by atoms with Gasteiger partial charge >= 0.3 is 0 Å². The lowest BCUT2D eigenvalue weighted by Crippen LogP contribution is -2.29. The van der Waals surface area contributed by atoms with Crippen molar-refractivity contribution in [1.82, 2.24) is 5.32 Å². The lowest BCUT2D eigenvalue weighted by molar-refractivity contribution is 0.160. The molecule has 0 aliphatic carbocycles. The Morgan fingerprint density at radius 3 is 2.86 bits per heavy atom. The fraction of sp³-hybridized carbons (Fsp3) is 0.750. The van der Waals surface area contributed by atoms with Crippen molar-refractivity contribution in [3.05, 3.63) is 0 Å². The quantitative estimate of drug-likeness (QED) is 0.414. The summed E-state index contributed by atoms with van der Waals surface area (Å²) in [5.74, 6) is 0. The van der Waals surface area contributed by atoms with Gasteiger partial charge in [-0.1, -0.05) is 12.2 Å². The van der Waals surface area contributed by atoms with Crippen molar-refractivity contribution in [2.75, 3.05) is 19.8 Å². The Bertz CT molecular complexity index is 75.8. The summed E-state index contributed by atoms with van der Waals surface area (Å²) < 4.78 is 4.95. The lowest BCUT2D eigenvalue weighted by Gasteiger charge is -2.10. The molecule has 0 N–H and O–H groups in total. The largest absolute Gasteiger partial charge is 0.372 e. The second-order valence-corrected chi connectivity index (χ2v) is 1.80. The minimum absolute atomic E-state index is 0.551. The van der Waals surface area contributed by atoms with E-state index < -0.39 is 0 Å². The first-order chi connectivity index (χ1) is 3.39. The van der Waals surface area contributed by atoms with Gasteiger partial charge in [-0.25, -0.2) is 0 Å². The molecule has 1 radical (unpaired) electrons. The van der Waals surface area contributed by atoms with Crippen molar-refractivity contribution in [3.63, 3.8) is 0 Å². The zero-order chi connectivity index (χ0) is 5.11. The molecule has 1 saturated heterocycles. The van der Waals surface area contributed by atoms with Gasteiger partial charge in [-0.15, -0.1) is 0 Å². The highest BCUT2D eigenvalue weighted by atomic mass is 32.1. The van der Waals surface area contributed by atoms with Crippen LogP contribution in [0, 0.1) is 0 Å². The van der Waals surface area contributed by atoms with E-state index in [-0.39, 0.29) is 0 Å². The fourth-order valence-corrected chi connectivity index (χ4v) is 0.615. The average molecular weight is 116 g/mol. The topological polar surface area (TPSA) is 23.3 Å². The van der Waals surface area contributed by atoms with Gasteiger partial charge in [0.05, 0.1) is 19.8 Å². The maximum absolute atomic E-state index is 4.95. The molecule has 0 unspecified atom stereocenters. The van der Waals surface area contributed by atoms with Crippen LogP contribution >= 0.6 is 12.2 Å². The molecular weight excluding hydrogens is 110 g/mol. The number of morpholine rings is 1. The van der Waals surface area contributed by atoms with Crippen LogP contribution in [0.25, 0.3) is 0 Å².